The number of aromatic nitrogens is 2. The molecule has 0 aliphatic heterocycles. The molecule has 0 amide bonds. The first kappa shape index (κ1) is 19.4. The van der Waals surface area contributed by atoms with E-state index in [1.807, 2.05) is 36.7 Å². The van der Waals surface area contributed by atoms with E-state index in [9.17, 15) is 4.57 Å². The first-order valence-corrected chi connectivity index (χ1v) is 7.19. The second-order valence-electron chi connectivity index (χ2n) is 4.04. The number of nitrogens with zero attached hydrogens (tertiary/aromatic N) is 1. The van der Waals surface area contributed by atoms with Gasteiger partial charge in [-0.15, -0.1) is 0 Å². The summed E-state index contributed by atoms with van der Waals surface area (Å²) in [6.45, 7) is 1.50. The van der Waals surface area contributed by atoms with Crippen LogP contribution in [-0.2, 0) is 4.57 Å². The third-order valence-corrected chi connectivity index (χ3v) is 4.06. The number of halogens is 2. The molecular formula is C12H15Br2N2O3P. The second kappa shape index (κ2) is 8.00. The van der Waals surface area contributed by atoms with Crippen LogP contribution in [0, 0.1) is 0 Å². The molecule has 3 N–H and O–H groups in total. The second-order valence-corrected chi connectivity index (χ2v) is 5.97. The van der Waals surface area contributed by atoms with Crippen LogP contribution in [0.15, 0.2) is 49.1 Å². The number of hydrogen-bond acceptors (Lipinski definition) is 1. The summed E-state index contributed by atoms with van der Waals surface area (Å²) < 4.78 is 12.7. The van der Waals surface area contributed by atoms with E-state index in [0.717, 1.165) is 11.1 Å². The van der Waals surface area contributed by atoms with Crippen molar-refractivity contribution >= 4 is 7.60 Å². The van der Waals surface area contributed by atoms with E-state index >= 15 is 0 Å². The zero-order valence-electron chi connectivity index (χ0n) is 10.6. The predicted octanol–water partition coefficient (Wildman–Crippen LogP) is -4.84. The highest BCUT2D eigenvalue weighted by atomic mass is 79.9. The highest BCUT2D eigenvalue weighted by Crippen LogP contribution is 2.45. The maximum Gasteiger partial charge on any atom is 0.392 e. The average Bonchev–Trinajstić information content (AvgIpc) is 2.38. The van der Waals surface area contributed by atoms with Gasteiger partial charge in [0.25, 0.3) is 5.78 Å². The Balaban J connectivity index is 0.00000180. The summed E-state index contributed by atoms with van der Waals surface area (Å²) in [6.07, 6.45) is 7.01. The fourth-order valence-corrected chi connectivity index (χ4v) is 2.13. The minimum atomic E-state index is -4.11. The van der Waals surface area contributed by atoms with E-state index in [0.29, 0.717) is 0 Å². The van der Waals surface area contributed by atoms with Crippen molar-refractivity contribution in [1.82, 2.24) is 0 Å². The molecule has 0 bridgehead atoms. The Hall–Kier alpha value is -0.590. The van der Waals surface area contributed by atoms with Gasteiger partial charge in [-0.1, -0.05) is 0 Å². The Morgan fingerprint density at radius 2 is 1.50 bits per heavy atom. The van der Waals surface area contributed by atoms with Gasteiger partial charge in [0.15, 0.2) is 24.8 Å². The van der Waals surface area contributed by atoms with E-state index in [2.05, 4.69) is 4.98 Å². The molecule has 5 nitrogen and oxygen atoms in total. The standard InChI is InChI=1S/C12H13N2O3P.2BrH/c1-10(18(15,16)17)14-8-4-12(5-9-14)11-2-6-13-7-3-11;;/h2-10H,1H3,(H-,15,16,17);2*1H. The molecule has 0 aliphatic rings. The molecule has 0 saturated heterocycles. The number of hydrogen-bond donors (Lipinski definition) is 2. The lowest BCUT2D eigenvalue weighted by molar-refractivity contribution is -0.701. The van der Waals surface area contributed by atoms with Crippen LogP contribution in [0.3, 0.4) is 0 Å². The van der Waals surface area contributed by atoms with Gasteiger partial charge in [0.05, 0.1) is 0 Å². The molecule has 0 spiro atoms. The Morgan fingerprint density at radius 1 is 1.05 bits per heavy atom. The first-order chi connectivity index (χ1) is 8.48. The lowest BCUT2D eigenvalue weighted by atomic mass is 10.1. The van der Waals surface area contributed by atoms with Crippen LogP contribution in [-0.4, -0.2) is 9.79 Å². The Kier molecular flexibility index (Phi) is 7.76. The molecule has 2 heterocycles. The molecule has 1 unspecified atom stereocenters. The molecular weight excluding hydrogens is 411 g/mol. The molecule has 20 heavy (non-hydrogen) atoms. The van der Waals surface area contributed by atoms with Crippen molar-refractivity contribution in [3.63, 3.8) is 0 Å². The zero-order valence-corrected chi connectivity index (χ0v) is 14.7. The lowest BCUT2D eigenvalue weighted by Crippen LogP contribution is -3.00. The lowest BCUT2D eigenvalue weighted by Gasteiger charge is -2.08. The topological polar surface area (TPSA) is 75.6 Å². The number of pyridine rings is 2. The van der Waals surface area contributed by atoms with Crippen molar-refractivity contribution in [1.29, 1.82) is 0 Å². The van der Waals surface area contributed by atoms with Crippen LogP contribution in [0.2, 0.25) is 0 Å². The summed E-state index contributed by atoms with van der Waals surface area (Å²) in [5.41, 5.74) is 2.04. The highest BCUT2D eigenvalue weighted by molar-refractivity contribution is 7.51. The van der Waals surface area contributed by atoms with Crippen molar-refractivity contribution < 1.29 is 57.9 Å². The Bertz CT molecular complexity index is 575. The number of H-pyrrole nitrogens is 1. The van der Waals surface area contributed by atoms with Gasteiger partial charge in [-0.05, 0) is 11.1 Å². The van der Waals surface area contributed by atoms with Crippen LogP contribution < -0.4 is 43.5 Å². The summed E-state index contributed by atoms with van der Waals surface area (Å²) in [6, 6.07) is 7.54. The Morgan fingerprint density at radius 3 is 1.95 bits per heavy atom. The summed E-state index contributed by atoms with van der Waals surface area (Å²) in [4.78, 5) is 21.2. The van der Waals surface area contributed by atoms with E-state index in [-0.39, 0.29) is 34.0 Å². The quantitative estimate of drug-likeness (QED) is 0.382. The molecule has 2 rings (SSSR count). The number of nitrogens with one attached hydrogen (secondary N) is 1. The van der Waals surface area contributed by atoms with Crippen LogP contribution in [0.4, 0.5) is 0 Å². The maximum absolute atomic E-state index is 11.2. The van der Waals surface area contributed by atoms with Crippen molar-refractivity contribution in [2.24, 2.45) is 0 Å². The van der Waals surface area contributed by atoms with Gasteiger partial charge in [-0.2, -0.15) is 4.57 Å². The Labute approximate surface area is 138 Å². The summed E-state index contributed by atoms with van der Waals surface area (Å²) in [5, 5.41) is 0. The van der Waals surface area contributed by atoms with Gasteiger partial charge in [0, 0.05) is 31.2 Å². The fourth-order valence-electron chi connectivity index (χ4n) is 1.63. The normalized spacial score (nSPS) is 11.9. The molecule has 0 aliphatic carbocycles. The van der Waals surface area contributed by atoms with Crippen LogP contribution in [0.5, 0.6) is 0 Å². The van der Waals surface area contributed by atoms with E-state index in [4.69, 9.17) is 9.79 Å². The van der Waals surface area contributed by atoms with Crippen LogP contribution in [0.25, 0.3) is 11.1 Å². The fraction of sp³-hybridized carbons (Fsp3) is 0.167. The zero-order chi connectivity index (χ0) is 13.2. The summed E-state index contributed by atoms with van der Waals surface area (Å²) >= 11 is 0. The third kappa shape index (κ3) is 4.75. The monoisotopic (exact) mass is 424 g/mol. The molecule has 110 valence electrons. The van der Waals surface area contributed by atoms with Crippen LogP contribution in [0.1, 0.15) is 12.7 Å². The summed E-state index contributed by atoms with van der Waals surface area (Å²) in [5.74, 6) is -0.851. The summed E-state index contributed by atoms with van der Waals surface area (Å²) in [7, 11) is -4.11. The van der Waals surface area contributed by atoms with E-state index in [1.165, 1.54) is 11.5 Å². The smallest absolute Gasteiger partial charge is 0.392 e. The maximum atomic E-state index is 11.2. The predicted molar refractivity (Wildman–Crippen MR) is 65.4 cm³/mol. The minimum Gasteiger partial charge on any atom is -1.00 e. The molecule has 0 saturated carbocycles. The largest absolute Gasteiger partial charge is 1.00 e. The van der Waals surface area contributed by atoms with Crippen molar-refractivity contribution in [3.8, 4) is 11.1 Å². The number of aromatic amines is 1. The molecule has 8 heteroatoms. The van der Waals surface area contributed by atoms with Gasteiger partial charge < -0.3 is 43.7 Å². The van der Waals surface area contributed by atoms with E-state index < -0.39 is 13.4 Å². The molecule has 0 fully saturated rings. The molecule has 2 aromatic rings. The SMILES string of the molecule is CC([n+]1ccc(-c2cc[nH+]cc2)cc1)P(=O)(O)O.[Br-].[Br-]. The number of rotatable bonds is 3. The first-order valence-electron chi connectivity index (χ1n) is 5.51. The minimum absolute atomic E-state index is 0. The molecule has 1 atom stereocenters. The molecule has 0 radical (unpaired) electrons. The average molecular weight is 426 g/mol. The van der Waals surface area contributed by atoms with Gasteiger partial charge >= 0.3 is 7.60 Å². The molecule has 2 aromatic heterocycles. The molecule has 0 aromatic carbocycles. The highest BCUT2D eigenvalue weighted by Gasteiger charge is 2.32. The van der Waals surface area contributed by atoms with Gasteiger partial charge in [-0.3, -0.25) is 4.57 Å². The van der Waals surface area contributed by atoms with Gasteiger partial charge in [0.2, 0.25) is 0 Å². The van der Waals surface area contributed by atoms with Crippen LogP contribution >= 0.6 is 7.60 Å². The third-order valence-electron chi connectivity index (χ3n) is 2.82. The van der Waals surface area contributed by atoms with Gasteiger partial charge in [0.1, 0.15) is 0 Å². The van der Waals surface area contributed by atoms with Crippen molar-refractivity contribution in [3.05, 3.63) is 49.1 Å². The van der Waals surface area contributed by atoms with Crippen molar-refractivity contribution in [2.45, 2.75) is 12.7 Å². The van der Waals surface area contributed by atoms with E-state index in [1.54, 1.807) is 12.4 Å². The van der Waals surface area contributed by atoms with Crippen molar-refractivity contribution in [2.75, 3.05) is 0 Å². The van der Waals surface area contributed by atoms with Gasteiger partial charge in [-0.25, -0.2) is 4.98 Å².